The molecule has 2 aliphatic rings. The zero-order valence-electron chi connectivity index (χ0n) is 25.5. The molecule has 0 saturated heterocycles. The van der Waals surface area contributed by atoms with Crippen molar-refractivity contribution in [3.63, 3.8) is 0 Å². The average molecular weight is 796 g/mol. The summed E-state index contributed by atoms with van der Waals surface area (Å²) >= 11 is 0. The molecule has 51 heavy (non-hydrogen) atoms. The first kappa shape index (κ1) is 37.1. The Hall–Kier alpha value is -3.66. The molecule has 2 aliphatic carbocycles. The van der Waals surface area contributed by atoms with Gasteiger partial charge in [0.05, 0.1) is 36.9 Å². The number of nitrogens with two attached hydrogens (primary N) is 2. The molecule has 25 nitrogen and oxygen atoms in total. The molecular weight excluding hydrogens is 768 g/mol. The molecule has 4 aromatic rings. The highest BCUT2D eigenvalue weighted by Gasteiger charge is 2.45. The highest BCUT2D eigenvalue weighted by molar-refractivity contribution is 7.71. The lowest BCUT2D eigenvalue weighted by atomic mass is 10.2. The van der Waals surface area contributed by atoms with Gasteiger partial charge in [-0.2, -0.15) is 14.3 Å². The van der Waals surface area contributed by atoms with Crippen molar-refractivity contribution < 1.29 is 60.2 Å². The summed E-state index contributed by atoms with van der Waals surface area (Å²) in [4.78, 5) is 84.8. The third-order valence-electron chi connectivity index (χ3n) is 7.23. The number of H-pyrrole nitrogens is 2. The van der Waals surface area contributed by atoms with E-state index in [2.05, 4.69) is 42.8 Å². The van der Waals surface area contributed by atoms with Crippen molar-refractivity contribution in [3.8, 4) is 0 Å². The van der Waals surface area contributed by atoms with Gasteiger partial charge in [-0.25, -0.2) is 27.7 Å². The second kappa shape index (κ2) is 13.7. The lowest BCUT2D eigenvalue weighted by Gasteiger charge is -2.21. The number of ether oxygens (including phenoxy) is 2. The number of rotatable bonds is 14. The van der Waals surface area contributed by atoms with E-state index in [0.29, 0.717) is 0 Å². The minimum Gasteiger partial charge on any atom is -0.369 e. The van der Waals surface area contributed by atoms with Crippen LogP contribution in [-0.2, 0) is 40.7 Å². The molecule has 8 atom stereocenters. The predicted octanol–water partition coefficient (Wildman–Crippen LogP) is 0.726. The summed E-state index contributed by atoms with van der Waals surface area (Å²) in [6.45, 7) is 0. The molecule has 0 bridgehead atoms. The van der Waals surface area contributed by atoms with Crippen LogP contribution in [0.1, 0.15) is 24.9 Å². The van der Waals surface area contributed by atoms with Crippen molar-refractivity contribution >= 4 is 65.1 Å². The topological polar surface area (TPSA) is 375 Å². The number of anilines is 2. The van der Waals surface area contributed by atoms with E-state index in [1.54, 1.807) is 12.2 Å². The largest absolute Gasteiger partial charge is 0.488 e. The molecule has 0 amide bonds. The number of phosphoric acid groups is 2. The van der Waals surface area contributed by atoms with E-state index in [0.717, 1.165) is 0 Å². The monoisotopic (exact) mass is 796 g/mol. The summed E-state index contributed by atoms with van der Waals surface area (Å²) in [5.41, 5.74) is 10.5. The number of hydrogen-bond acceptors (Lipinski definition) is 17. The standard InChI is InChI=1S/C22H28N10O15P4/c23-21-27-17-15(19(33)29-21)25-7-31(17)11-1-3-13(5-11)43-9-48(35,36)45-50(39,40)47-51(41,42)46-49(37,38)10-44-14-4-2-12(6-14)32-8-26-16-18(32)28-22(24)30-20(16)34/h1-4,7-8,11-14H,5-6,9-10H2,(H,35,36)(H,37,38)(H,39,40)(H,41,42)(H3,23,27,29,33)(H3,24,28,30,34). The molecule has 29 heteroatoms. The first-order valence-corrected chi connectivity index (χ1v) is 20.8. The van der Waals surface area contributed by atoms with Gasteiger partial charge in [-0.15, -0.1) is 0 Å². The van der Waals surface area contributed by atoms with Crippen LogP contribution in [0.25, 0.3) is 22.3 Å². The summed E-state index contributed by atoms with van der Waals surface area (Å²) < 4.78 is 75.6. The minimum absolute atomic E-state index is 0.0221. The Morgan fingerprint density at radius 2 is 1.08 bits per heavy atom. The van der Waals surface area contributed by atoms with Gasteiger partial charge in [0.25, 0.3) is 11.1 Å². The number of nitrogens with one attached hydrogen (secondary N) is 2. The van der Waals surface area contributed by atoms with Gasteiger partial charge < -0.3 is 49.6 Å². The molecule has 0 saturated carbocycles. The smallest absolute Gasteiger partial charge is 0.369 e. The predicted molar refractivity (Wildman–Crippen MR) is 173 cm³/mol. The Morgan fingerprint density at radius 1 is 0.686 bits per heavy atom. The molecule has 276 valence electrons. The fourth-order valence-corrected chi connectivity index (χ4v) is 10.8. The first-order valence-electron chi connectivity index (χ1n) is 14.3. The molecule has 4 heterocycles. The van der Waals surface area contributed by atoms with E-state index in [1.807, 2.05) is 0 Å². The van der Waals surface area contributed by atoms with E-state index in [1.165, 1.54) is 33.9 Å². The normalized spacial score (nSPS) is 25.2. The number of imidazole rings is 2. The van der Waals surface area contributed by atoms with E-state index in [-0.39, 0.29) is 47.1 Å². The van der Waals surface area contributed by atoms with Gasteiger partial charge in [-0.3, -0.25) is 28.7 Å². The number of fused-ring (bicyclic) bond motifs is 2. The van der Waals surface area contributed by atoms with Crippen LogP contribution in [0.5, 0.6) is 0 Å². The first-order chi connectivity index (χ1) is 23.8. The average Bonchev–Trinajstić information content (AvgIpc) is 3.79. The van der Waals surface area contributed by atoms with Gasteiger partial charge in [-0.05, 0) is 0 Å². The fraction of sp³-hybridized carbons (Fsp3) is 0.364. The SMILES string of the molecule is Nc1nc2c(ncn2C2C=CC(OCP(=O)(O)OP(=O)(O)OP(=O)(O)OP(=O)(O)COC3C=CC(n4cnc5c(=O)[nH]c(N)nc54)C3)C2)c(=O)[nH]1. The number of hydrogen-bond donors (Lipinski definition) is 8. The highest BCUT2D eigenvalue weighted by atomic mass is 31.3. The maximum absolute atomic E-state index is 12.5. The number of nitrogens with zero attached hydrogens (tertiary/aromatic N) is 6. The molecule has 0 radical (unpaired) electrons. The molecule has 0 fully saturated rings. The van der Waals surface area contributed by atoms with Gasteiger partial charge in [0, 0.05) is 12.8 Å². The van der Waals surface area contributed by atoms with Crippen molar-refractivity contribution in [2.75, 3.05) is 24.2 Å². The number of allylic oxidation sites excluding steroid dienone is 2. The van der Waals surface area contributed by atoms with Crippen LogP contribution in [0.4, 0.5) is 11.9 Å². The lowest BCUT2D eigenvalue weighted by molar-refractivity contribution is 0.0992. The molecule has 8 unspecified atom stereocenters. The van der Waals surface area contributed by atoms with E-state index in [4.69, 9.17) is 20.9 Å². The number of nitrogen functional groups attached to an aromatic ring is 2. The van der Waals surface area contributed by atoms with Crippen LogP contribution >= 0.6 is 30.8 Å². The Balaban J connectivity index is 0.976. The summed E-state index contributed by atoms with van der Waals surface area (Å²) in [6.07, 6.45) is 5.01. The van der Waals surface area contributed by atoms with E-state index >= 15 is 0 Å². The Morgan fingerprint density at radius 3 is 1.47 bits per heavy atom. The maximum atomic E-state index is 12.5. The number of aromatic amines is 2. The molecule has 0 aromatic carbocycles. The second-order valence-corrected chi connectivity index (χ2v) is 18.0. The minimum atomic E-state index is -5.92. The lowest BCUT2D eigenvalue weighted by Crippen LogP contribution is -2.15. The Bertz CT molecular complexity index is 2210. The summed E-state index contributed by atoms with van der Waals surface area (Å²) in [5.74, 6) is -0.291. The second-order valence-electron chi connectivity index (χ2n) is 11.1. The van der Waals surface area contributed by atoms with Crippen molar-refractivity contribution in [1.29, 1.82) is 0 Å². The summed E-state index contributed by atoms with van der Waals surface area (Å²) in [5, 5.41) is 0. The van der Waals surface area contributed by atoms with Crippen molar-refractivity contribution in [1.82, 2.24) is 39.0 Å². The molecule has 10 N–H and O–H groups in total. The third-order valence-corrected chi connectivity index (χ3v) is 13.5. The van der Waals surface area contributed by atoms with Crippen LogP contribution in [0, 0.1) is 0 Å². The van der Waals surface area contributed by atoms with E-state index < -0.39 is 78.9 Å². The third kappa shape index (κ3) is 8.70. The van der Waals surface area contributed by atoms with Crippen LogP contribution in [0.15, 0.2) is 46.5 Å². The Labute approximate surface area is 283 Å². The molecular formula is C22H28N10O15P4. The maximum Gasteiger partial charge on any atom is 0.488 e. The van der Waals surface area contributed by atoms with Crippen LogP contribution in [0.3, 0.4) is 0 Å². The zero-order valence-corrected chi connectivity index (χ0v) is 29.1. The zero-order chi connectivity index (χ0) is 36.9. The quantitative estimate of drug-likeness (QED) is 0.0643. The molecule has 0 spiro atoms. The van der Waals surface area contributed by atoms with Gasteiger partial charge in [0.15, 0.2) is 22.3 Å². The van der Waals surface area contributed by atoms with Crippen LogP contribution in [0.2, 0.25) is 0 Å². The van der Waals surface area contributed by atoms with E-state index in [9.17, 15) is 47.4 Å². The Kier molecular flexibility index (Phi) is 9.98. The van der Waals surface area contributed by atoms with Gasteiger partial charge in [-0.1, -0.05) is 24.3 Å². The molecule has 0 aliphatic heterocycles. The summed E-state index contributed by atoms with van der Waals surface area (Å²) in [7, 11) is -22.2. The van der Waals surface area contributed by atoms with Crippen LogP contribution < -0.4 is 22.6 Å². The molecule has 4 aromatic heterocycles. The van der Waals surface area contributed by atoms with Gasteiger partial charge in [0.2, 0.25) is 11.9 Å². The van der Waals surface area contributed by atoms with Crippen molar-refractivity contribution in [2.45, 2.75) is 37.1 Å². The summed E-state index contributed by atoms with van der Waals surface area (Å²) in [6, 6.07) is -0.967. The van der Waals surface area contributed by atoms with Crippen molar-refractivity contribution in [2.24, 2.45) is 0 Å². The fourth-order valence-electron chi connectivity index (χ4n) is 5.24. The molecule has 6 rings (SSSR count). The van der Waals surface area contributed by atoms with Gasteiger partial charge in [0.1, 0.15) is 12.7 Å². The van der Waals surface area contributed by atoms with Crippen LogP contribution in [-0.4, -0.2) is 83.5 Å². The highest BCUT2D eigenvalue weighted by Crippen LogP contribution is 2.71. The van der Waals surface area contributed by atoms with Gasteiger partial charge >= 0.3 is 30.8 Å². The number of aromatic nitrogens is 8. The van der Waals surface area contributed by atoms with Crippen molar-refractivity contribution in [3.05, 3.63) is 57.7 Å².